The number of hydrogen-bond donors (Lipinski definition) is 1. The Hall–Kier alpha value is -2.28. The van der Waals surface area contributed by atoms with E-state index in [9.17, 15) is 14.7 Å². The number of hydrogen-bond acceptors (Lipinski definition) is 3. The van der Waals surface area contributed by atoms with Crippen molar-refractivity contribution in [2.75, 3.05) is 5.32 Å². The lowest BCUT2D eigenvalue weighted by atomic mass is 10.2. The van der Waals surface area contributed by atoms with Gasteiger partial charge in [0.2, 0.25) is 5.91 Å². The normalized spacial score (nSPS) is 8.60. The molecule has 0 heterocycles. The number of rotatable bonds is 1. The number of para-hydroxylation sites is 1. The highest BCUT2D eigenvalue weighted by atomic mass is 16.4. The fraction of sp³-hybridized carbons (Fsp3) is 0.0909. The molecule has 0 aromatic heterocycles. The molecule has 1 amide bonds. The van der Waals surface area contributed by atoms with Gasteiger partial charge in [-0.05, 0) is 18.1 Å². The summed E-state index contributed by atoms with van der Waals surface area (Å²) in [6.07, 6.45) is 0. The number of amides is 1. The standard InChI is InChI=1S/C11H9NO3/c1-8(13)12-10-5-3-2-4-9(10)6-7-11(14)15/h2-5H,1H3,(H,12,13)(H,14,15)/p-1. The van der Waals surface area contributed by atoms with Crippen LogP contribution in [0.2, 0.25) is 0 Å². The maximum atomic E-state index is 10.8. The number of carboxylic acid groups (broad SMARTS) is 1. The van der Waals surface area contributed by atoms with Crippen molar-refractivity contribution in [3.05, 3.63) is 29.8 Å². The van der Waals surface area contributed by atoms with Crippen LogP contribution in [0.4, 0.5) is 5.69 Å². The van der Waals surface area contributed by atoms with E-state index in [1.165, 1.54) is 6.92 Å². The Kier molecular flexibility index (Phi) is 3.47. The lowest BCUT2D eigenvalue weighted by Crippen LogP contribution is -2.19. The second-order valence-electron chi connectivity index (χ2n) is 2.76. The van der Waals surface area contributed by atoms with Crippen LogP contribution < -0.4 is 10.4 Å². The molecular weight excluding hydrogens is 194 g/mol. The molecule has 0 aliphatic heterocycles. The maximum Gasteiger partial charge on any atom is 0.221 e. The largest absolute Gasteiger partial charge is 0.537 e. The highest BCUT2D eigenvalue weighted by Crippen LogP contribution is 2.13. The molecule has 76 valence electrons. The molecule has 0 fully saturated rings. The van der Waals surface area contributed by atoms with Crippen LogP contribution in [0.1, 0.15) is 12.5 Å². The predicted octanol–water partition coefficient (Wildman–Crippen LogP) is -0.254. The summed E-state index contributed by atoms with van der Waals surface area (Å²) < 4.78 is 0. The summed E-state index contributed by atoms with van der Waals surface area (Å²) in [6.45, 7) is 1.36. The van der Waals surface area contributed by atoms with Crippen molar-refractivity contribution in [2.45, 2.75) is 6.92 Å². The highest BCUT2D eigenvalue weighted by Gasteiger charge is 1.99. The van der Waals surface area contributed by atoms with E-state index in [0.717, 1.165) is 0 Å². The van der Waals surface area contributed by atoms with Crippen LogP contribution in [0.3, 0.4) is 0 Å². The first-order valence-corrected chi connectivity index (χ1v) is 4.19. The number of carbonyl (C=O) groups is 2. The molecular formula is C11H8NO3-. The number of carboxylic acids is 1. The summed E-state index contributed by atoms with van der Waals surface area (Å²) in [5.41, 5.74) is 0.927. The zero-order valence-corrected chi connectivity index (χ0v) is 8.03. The van der Waals surface area contributed by atoms with Crippen LogP contribution >= 0.6 is 0 Å². The first kappa shape index (κ1) is 10.8. The quantitative estimate of drug-likeness (QED) is 0.638. The Labute approximate surface area is 86.9 Å². The van der Waals surface area contributed by atoms with E-state index in [4.69, 9.17) is 0 Å². The molecule has 1 aromatic carbocycles. The Morgan fingerprint density at radius 2 is 2.00 bits per heavy atom. The minimum Gasteiger partial charge on any atom is -0.537 e. The third-order valence-electron chi connectivity index (χ3n) is 1.54. The van der Waals surface area contributed by atoms with Crippen molar-refractivity contribution >= 4 is 17.6 Å². The first-order chi connectivity index (χ1) is 7.09. The second-order valence-corrected chi connectivity index (χ2v) is 2.76. The minimum absolute atomic E-state index is 0.238. The van der Waals surface area contributed by atoms with Crippen molar-refractivity contribution in [3.63, 3.8) is 0 Å². The van der Waals surface area contributed by atoms with Crippen molar-refractivity contribution < 1.29 is 14.7 Å². The van der Waals surface area contributed by atoms with E-state index >= 15 is 0 Å². The number of aliphatic carboxylic acids is 1. The summed E-state index contributed by atoms with van der Waals surface area (Å²) in [6, 6.07) is 6.67. The monoisotopic (exact) mass is 202 g/mol. The molecule has 1 aromatic rings. The van der Waals surface area contributed by atoms with Crippen LogP contribution in [0, 0.1) is 11.8 Å². The zero-order chi connectivity index (χ0) is 11.3. The van der Waals surface area contributed by atoms with Gasteiger partial charge < -0.3 is 15.2 Å². The Morgan fingerprint density at radius 3 is 2.60 bits per heavy atom. The topological polar surface area (TPSA) is 69.2 Å². The van der Waals surface area contributed by atoms with E-state index in [0.29, 0.717) is 11.3 Å². The Bertz CT molecular complexity index is 454. The molecule has 0 spiro atoms. The van der Waals surface area contributed by atoms with Gasteiger partial charge in [-0.25, -0.2) is 0 Å². The average Bonchev–Trinajstić information content (AvgIpc) is 2.15. The molecule has 0 aliphatic carbocycles. The fourth-order valence-corrected chi connectivity index (χ4v) is 1.01. The van der Waals surface area contributed by atoms with Crippen molar-refractivity contribution in [2.24, 2.45) is 0 Å². The lowest BCUT2D eigenvalue weighted by Gasteiger charge is -2.03. The fourth-order valence-electron chi connectivity index (χ4n) is 1.01. The van der Waals surface area contributed by atoms with Gasteiger partial charge in [0.25, 0.3) is 0 Å². The summed E-state index contributed by atoms with van der Waals surface area (Å²) in [5.74, 6) is 2.58. The molecule has 0 atom stereocenters. The molecule has 0 saturated carbocycles. The summed E-state index contributed by atoms with van der Waals surface area (Å²) >= 11 is 0. The third-order valence-corrected chi connectivity index (χ3v) is 1.54. The number of carbonyl (C=O) groups excluding carboxylic acids is 2. The molecule has 0 bridgehead atoms. The van der Waals surface area contributed by atoms with Crippen LogP contribution in [-0.2, 0) is 9.59 Å². The molecule has 1 rings (SSSR count). The highest BCUT2D eigenvalue weighted by molar-refractivity contribution is 5.91. The molecule has 0 radical (unpaired) electrons. The van der Waals surface area contributed by atoms with Gasteiger partial charge >= 0.3 is 0 Å². The molecule has 0 unspecified atom stereocenters. The summed E-state index contributed by atoms with van der Waals surface area (Å²) in [4.78, 5) is 20.9. The van der Waals surface area contributed by atoms with Gasteiger partial charge in [0.05, 0.1) is 5.69 Å². The van der Waals surface area contributed by atoms with Gasteiger partial charge in [0.15, 0.2) is 0 Å². The maximum absolute atomic E-state index is 10.8. The summed E-state index contributed by atoms with van der Waals surface area (Å²) in [5, 5.41) is 12.7. The van der Waals surface area contributed by atoms with Gasteiger partial charge in [0, 0.05) is 12.5 Å². The van der Waals surface area contributed by atoms with Crippen LogP contribution in [0.15, 0.2) is 24.3 Å². The number of anilines is 1. The third kappa shape index (κ3) is 3.53. The summed E-state index contributed by atoms with van der Waals surface area (Å²) in [7, 11) is 0. The van der Waals surface area contributed by atoms with E-state index in [1.807, 2.05) is 5.92 Å². The van der Waals surface area contributed by atoms with E-state index in [1.54, 1.807) is 24.3 Å². The minimum atomic E-state index is -1.45. The van der Waals surface area contributed by atoms with Gasteiger partial charge in [-0.3, -0.25) is 4.79 Å². The van der Waals surface area contributed by atoms with Crippen LogP contribution in [-0.4, -0.2) is 11.9 Å². The lowest BCUT2D eigenvalue weighted by molar-refractivity contribution is -0.295. The van der Waals surface area contributed by atoms with Crippen molar-refractivity contribution in [3.8, 4) is 11.8 Å². The zero-order valence-electron chi connectivity index (χ0n) is 8.03. The molecule has 4 heteroatoms. The smallest absolute Gasteiger partial charge is 0.221 e. The predicted molar refractivity (Wildman–Crippen MR) is 52.6 cm³/mol. The molecule has 0 aliphatic rings. The second kappa shape index (κ2) is 4.82. The van der Waals surface area contributed by atoms with E-state index in [-0.39, 0.29) is 5.91 Å². The van der Waals surface area contributed by atoms with E-state index < -0.39 is 5.97 Å². The molecule has 1 N–H and O–H groups in total. The Morgan fingerprint density at radius 1 is 1.33 bits per heavy atom. The Balaban J connectivity index is 3.02. The SMILES string of the molecule is CC(=O)Nc1ccccc1C#CC(=O)[O-]. The van der Waals surface area contributed by atoms with Gasteiger partial charge in [-0.1, -0.05) is 18.1 Å². The molecule has 0 saturated heterocycles. The number of benzene rings is 1. The van der Waals surface area contributed by atoms with Crippen molar-refractivity contribution in [1.29, 1.82) is 0 Å². The van der Waals surface area contributed by atoms with Gasteiger partial charge in [0.1, 0.15) is 5.97 Å². The van der Waals surface area contributed by atoms with Gasteiger partial charge in [-0.15, -0.1) is 0 Å². The van der Waals surface area contributed by atoms with Crippen LogP contribution in [0.25, 0.3) is 0 Å². The van der Waals surface area contributed by atoms with E-state index in [2.05, 4.69) is 11.2 Å². The first-order valence-electron chi connectivity index (χ1n) is 4.19. The van der Waals surface area contributed by atoms with Crippen molar-refractivity contribution in [1.82, 2.24) is 0 Å². The molecule has 4 nitrogen and oxygen atoms in total. The van der Waals surface area contributed by atoms with Gasteiger partial charge in [-0.2, -0.15) is 0 Å². The molecule has 15 heavy (non-hydrogen) atoms. The average molecular weight is 202 g/mol. The number of nitrogens with one attached hydrogen (secondary N) is 1. The van der Waals surface area contributed by atoms with Crippen LogP contribution in [0.5, 0.6) is 0 Å².